The summed E-state index contributed by atoms with van der Waals surface area (Å²) < 4.78 is 5.58. The van der Waals surface area contributed by atoms with Crippen molar-refractivity contribution >= 4 is 5.97 Å². The maximum absolute atomic E-state index is 12.6. The minimum Gasteiger partial charge on any atom is -0.464 e. The van der Waals surface area contributed by atoms with Gasteiger partial charge in [0, 0.05) is 50.5 Å². The van der Waals surface area contributed by atoms with E-state index in [1.807, 2.05) is 26.5 Å². The van der Waals surface area contributed by atoms with Gasteiger partial charge in [0.1, 0.15) is 18.3 Å². The smallest absolute Gasteiger partial charge is 0.307 e. The van der Waals surface area contributed by atoms with E-state index in [-0.39, 0.29) is 18.1 Å². The second kappa shape index (κ2) is 20.2. The molecule has 2 aromatic heterocycles. The minimum absolute atomic E-state index is 0.103. The number of ether oxygens (including phenoxy) is 1. The van der Waals surface area contributed by atoms with Crippen LogP contribution in [0.1, 0.15) is 88.6 Å². The molecule has 10 nitrogen and oxygen atoms in total. The standard InChI is InChI=1S/C35H58N8O2/c1-7-20-41(21-8-2)22-9-10-23-42(24-15-34(44)45-28-29(3)40(5)6)25-31-11-13-32(14-12-31)26-43(27-33-36-16-17-37-33)30(4)35-38-18-19-39-35/h11-14,16-19,29-30H,7-10,15,20-28H2,1-6H3,(H,36,37)(H,38,39). The molecule has 0 fully saturated rings. The van der Waals surface area contributed by atoms with Crippen molar-refractivity contribution in [1.82, 2.24) is 39.5 Å². The molecule has 0 bridgehead atoms. The minimum atomic E-state index is -0.122. The van der Waals surface area contributed by atoms with E-state index in [4.69, 9.17) is 4.74 Å². The Kier molecular flexibility index (Phi) is 16.3. The SMILES string of the molecule is CCCN(CCC)CCCCN(CCC(=O)OCC(C)N(C)C)Cc1ccc(CN(Cc2ncc[nH]2)C(C)c2ncc[nH]2)cc1. The van der Waals surface area contributed by atoms with E-state index in [0.29, 0.717) is 26.1 Å². The molecular formula is C35H58N8O2. The van der Waals surface area contributed by atoms with E-state index in [9.17, 15) is 4.79 Å². The molecule has 3 rings (SSSR count). The first-order chi connectivity index (χ1) is 21.8. The highest BCUT2D eigenvalue weighted by Gasteiger charge is 2.20. The van der Waals surface area contributed by atoms with E-state index in [1.54, 1.807) is 12.4 Å². The third-order valence-corrected chi connectivity index (χ3v) is 8.46. The van der Waals surface area contributed by atoms with Crippen LogP contribution in [0.2, 0.25) is 0 Å². The Labute approximate surface area is 271 Å². The summed E-state index contributed by atoms with van der Waals surface area (Å²) in [5.41, 5.74) is 2.49. The van der Waals surface area contributed by atoms with E-state index < -0.39 is 0 Å². The van der Waals surface area contributed by atoms with Gasteiger partial charge in [-0.15, -0.1) is 0 Å². The van der Waals surface area contributed by atoms with Gasteiger partial charge in [-0.1, -0.05) is 38.1 Å². The molecule has 0 aliphatic carbocycles. The Morgan fingerprint density at radius 3 is 2.00 bits per heavy atom. The maximum atomic E-state index is 12.6. The van der Waals surface area contributed by atoms with Gasteiger partial charge in [-0.05, 0) is 90.9 Å². The molecular weight excluding hydrogens is 564 g/mol. The lowest BCUT2D eigenvalue weighted by atomic mass is 10.1. The number of imidazole rings is 2. The number of rotatable bonds is 23. The number of benzene rings is 1. The molecule has 0 radical (unpaired) electrons. The van der Waals surface area contributed by atoms with Crippen molar-refractivity contribution in [2.24, 2.45) is 0 Å². The third-order valence-electron chi connectivity index (χ3n) is 8.46. The van der Waals surface area contributed by atoms with Gasteiger partial charge in [0.15, 0.2) is 0 Å². The Balaban J connectivity index is 1.61. The second-order valence-electron chi connectivity index (χ2n) is 12.5. The second-order valence-corrected chi connectivity index (χ2v) is 12.5. The van der Waals surface area contributed by atoms with Crippen LogP contribution in [0.5, 0.6) is 0 Å². The van der Waals surface area contributed by atoms with Crippen LogP contribution in [0.25, 0.3) is 0 Å². The highest BCUT2D eigenvalue weighted by molar-refractivity contribution is 5.69. The Morgan fingerprint density at radius 2 is 1.42 bits per heavy atom. The maximum Gasteiger partial charge on any atom is 0.307 e. The number of esters is 1. The van der Waals surface area contributed by atoms with Crippen molar-refractivity contribution < 1.29 is 9.53 Å². The van der Waals surface area contributed by atoms with Crippen molar-refractivity contribution in [3.05, 3.63) is 71.8 Å². The molecule has 2 unspecified atom stereocenters. The summed E-state index contributed by atoms with van der Waals surface area (Å²) in [6, 6.07) is 9.21. The molecule has 2 N–H and O–H groups in total. The van der Waals surface area contributed by atoms with Crippen molar-refractivity contribution in [2.45, 2.75) is 91.5 Å². The molecule has 2 heterocycles. The number of nitrogens with one attached hydrogen (secondary N) is 2. The fourth-order valence-corrected chi connectivity index (χ4v) is 5.42. The molecule has 10 heteroatoms. The van der Waals surface area contributed by atoms with E-state index in [0.717, 1.165) is 44.2 Å². The van der Waals surface area contributed by atoms with Crippen LogP contribution in [-0.2, 0) is 29.2 Å². The summed E-state index contributed by atoms with van der Waals surface area (Å²) in [5.74, 6) is 1.75. The summed E-state index contributed by atoms with van der Waals surface area (Å²) in [6.07, 6.45) is 12.4. The highest BCUT2D eigenvalue weighted by atomic mass is 16.5. The van der Waals surface area contributed by atoms with Gasteiger partial charge >= 0.3 is 5.97 Å². The van der Waals surface area contributed by atoms with Gasteiger partial charge in [0.05, 0.1) is 19.0 Å². The molecule has 2 atom stereocenters. The van der Waals surface area contributed by atoms with Crippen molar-refractivity contribution in [1.29, 1.82) is 0 Å². The number of hydrogen-bond acceptors (Lipinski definition) is 8. The Hall–Kier alpha value is -3.05. The molecule has 0 amide bonds. The molecule has 1 aromatic carbocycles. The first-order valence-corrected chi connectivity index (χ1v) is 16.8. The van der Waals surface area contributed by atoms with Gasteiger partial charge in [-0.2, -0.15) is 0 Å². The molecule has 0 saturated carbocycles. The Morgan fingerprint density at radius 1 is 0.800 bits per heavy atom. The van der Waals surface area contributed by atoms with Crippen LogP contribution in [0, 0.1) is 0 Å². The van der Waals surface area contributed by atoms with Crippen molar-refractivity contribution in [2.75, 3.05) is 53.4 Å². The Bertz CT molecular complexity index is 1160. The van der Waals surface area contributed by atoms with Crippen LogP contribution in [-0.4, -0.2) is 105 Å². The van der Waals surface area contributed by atoms with Gasteiger partial charge in [-0.25, -0.2) is 9.97 Å². The number of hydrogen-bond donors (Lipinski definition) is 2. The van der Waals surface area contributed by atoms with E-state index >= 15 is 0 Å². The summed E-state index contributed by atoms with van der Waals surface area (Å²) >= 11 is 0. The molecule has 0 aliphatic heterocycles. The summed E-state index contributed by atoms with van der Waals surface area (Å²) in [6.45, 7) is 16.6. The van der Waals surface area contributed by atoms with Crippen LogP contribution < -0.4 is 0 Å². The van der Waals surface area contributed by atoms with Gasteiger partial charge < -0.3 is 24.5 Å². The molecule has 250 valence electrons. The molecule has 0 saturated heterocycles. The molecule has 3 aromatic rings. The molecule has 45 heavy (non-hydrogen) atoms. The first kappa shape index (κ1) is 36.4. The number of carbonyl (C=O) groups excluding carboxylic acids is 1. The van der Waals surface area contributed by atoms with E-state index in [2.05, 4.69) is 91.5 Å². The predicted octanol–water partition coefficient (Wildman–Crippen LogP) is 5.48. The summed E-state index contributed by atoms with van der Waals surface area (Å²) in [5, 5.41) is 0. The van der Waals surface area contributed by atoms with Crippen molar-refractivity contribution in [3.63, 3.8) is 0 Å². The lowest BCUT2D eigenvalue weighted by molar-refractivity contribution is -0.145. The summed E-state index contributed by atoms with van der Waals surface area (Å²) in [4.78, 5) is 37.5. The predicted molar refractivity (Wildman–Crippen MR) is 182 cm³/mol. The van der Waals surface area contributed by atoms with E-state index in [1.165, 1.54) is 43.5 Å². The number of aromatic nitrogens is 4. The number of nitrogens with zero attached hydrogens (tertiary/aromatic N) is 6. The fraction of sp³-hybridized carbons (Fsp3) is 0.629. The van der Waals surface area contributed by atoms with Gasteiger partial charge in [0.2, 0.25) is 0 Å². The van der Waals surface area contributed by atoms with Crippen LogP contribution >= 0.6 is 0 Å². The molecule has 0 aliphatic rings. The average molecular weight is 623 g/mol. The van der Waals surface area contributed by atoms with Crippen molar-refractivity contribution in [3.8, 4) is 0 Å². The zero-order chi connectivity index (χ0) is 32.4. The zero-order valence-corrected chi connectivity index (χ0v) is 28.7. The first-order valence-electron chi connectivity index (χ1n) is 16.8. The number of unbranched alkanes of at least 4 members (excludes halogenated alkanes) is 1. The number of carbonyl (C=O) groups is 1. The highest BCUT2D eigenvalue weighted by Crippen LogP contribution is 2.22. The van der Waals surface area contributed by atoms with Crippen LogP contribution in [0.15, 0.2) is 49.1 Å². The fourth-order valence-electron chi connectivity index (χ4n) is 5.42. The monoisotopic (exact) mass is 622 g/mol. The largest absolute Gasteiger partial charge is 0.464 e. The number of aromatic amines is 2. The van der Waals surface area contributed by atoms with Gasteiger partial charge in [-0.3, -0.25) is 14.6 Å². The van der Waals surface area contributed by atoms with Gasteiger partial charge in [0.25, 0.3) is 0 Å². The quantitative estimate of drug-likeness (QED) is 0.106. The zero-order valence-electron chi connectivity index (χ0n) is 28.7. The lowest BCUT2D eigenvalue weighted by Gasteiger charge is -2.27. The van der Waals surface area contributed by atoms with Crippen LogP contribution in [0.4, 0.5) is 0 Å². The lowest BCUT2D eigenvalue weighted by Crippen LogP contribution is -2.32. The average Bonchev–Trinajstić information content (AvgIpc) is 3.76. The summed E-state index contributed by atoms with van der Waals surface area (Å²) in [7, 11) is 4.01. The molecule has 0 spiro atoms. The van der Waals surface area contributed by atoms with Crippen LogP contribution in [0.3, 0.4) is 0 Å². The topological polar surface area (TPSA) is 96.6 Å². The number of H-pyrrole nitrogens is 2. The number of likely N-dealkylation sites (N-methyl/N-ethyl adjacent to an activating group) is 1. The normalized spacial score (nSPS) is 13.3. The third kappa shape index (κ3) is 13.5.